The molecule has 0 aromatic carbocycles. The van der Waals surface area contributed by atoms with Gasteiger partial charge in [0.2, 0.25) is 0 Å². The highest BCUT2D eigenvalue weighted by atomic mass is 35.5. The number of hydrogen-bond acceptors (Lipinski definition) is 4. The molecule has 0 aliphatic heterocycles. The van der Waals surface area contributed by atoms with Crippen LogP contribution < -0.4 is 0 Å². The Bertz CT molecular complexity index is 480. The van der Waals surface area contributed by atoms with Gasteiger partial charge in [0.05, 0.1) is 5.01 Å². The molecule has 0 bridgehead atoms. The minimum absolute atomic E-state index is 0.431. The van der Waals surface area contributed by atoms with Crippen molar-refractivity contribution in [2.24, 2.45) is 5.92 Å². The van der Waals surface area contributed by atoms with Gasteiger partial charge in [-0.3, -0.25) is 0 Å². The summed E-state index contributed by atoms with van der Waals surface area (Å²) in [4.78, 5) is 13.5. The van der Waals surface area contributed by atoms with Crippen LogP contribution in [-0.4, -0.2) is 15.0 Å². The number of thiazole rings is 1. The number of aromatic nitrogens is 3. The van der Waals surface area contributed by atoms with Gasteiger partial charge in [0.1, 0.15) is 16.7 Å². The third-order valence-electron chi connectivity index (χ3n) is 2.56. The molecule has 2 aromatic heterocycles. The lowest BCUT2D eigenvalue weighted by atomic mass is 9.99. The molecule has 0 N–H and O–H groups in total. The highest BCUT2D eigenvalue weighted by Gasteiger charge is 2.16. The van der Waals surface area contributed by atoms with Crippen molar-refractivity contribution >= 4 is 33.3 Å². The zero-order valence-corrected chi connectivity index (χ0v) is 10.4. The summed E-state index contributed by atoms with van der Waals surface area (Å²) in [5, 5.41) is 1.53. The van der Waals surface area contributed by atoms with Crippen molar-refractivity contribution in [1.82, 2.24) is 15.0 Å². The molecule has 0 amide bonds. The van der Waals surface area contributed by atoms with Gasteiger partial charge < -0.3 is 0 Å². The molecule has 0 aliphatic carbocycles. The zero-order chi connectivity index (χ0) is 11.0. The van der Waals surface area contributed by atoms with E-state index in [2.05, 4.69) is 35.7 Å². The highest BCUT2D eigenvalue weighted by Crippen LogP contribution is 2.32. The Morgan fingerprint density at radius 2 is 2.00 bits per heavy atom. The van der Waals surface area contributed by atoms with Crippen LogP contribution in [0.4, 0.5) is 0 Å². The first kappa shape index (κ1) is 10.8. The van der Waals surface area contributed by atoms with Crippen LogP contribution >= 0.6 is 22.9 Å². The lowest BCUT2D eigenvalue weighted by Crippen LogP contribution is -2.00. The average molecular weight is 242 g/mol. The molecule has 2 heterocycles. The predicted octanol–water partition coefficient (Wildman–Crippen LogP) is 3.50. The van der Waals surface area contributed by atoms with E-state index in [4.69, 9.17) is 11.6 Å². The number of hydrogen-bond donors (Lipinski definition) is 0. The monoisotopic (exact) mass is 241 g/mol. The van der Waals surface area contributed by atoms with Crippen LogP contribution in [0.5, 0.6) is 0 Å². The van der Waals surface area contributed by atoms with E-state index in [1.54, 1.807) is 11.3 Å². The van der Waals surface area contributed by atoms with Crippen LogP contribution in [0.3, 0.4) is 0 Å². The minimum Gasteiger partial charge on any atom is -0.236 e. The van der Waals surface area contributed by atoms with Gasteiger partial charge in [-0.05, 0) is 5.92 Å². The summed E-state index contributed by atoms with van der Waals surface area (Å²) in [5.74, 6) is 0.998. The van der Waals surface area contributed by atoms with E-state index in [0.29, 0.717) is 17.0 Å². The van der Waals surface area contributed by atoms with Gasteiger partial charge in [0, 0.05) is 5.92 Å². The number of halogens is 1. The molecule has 3 nitrogen and oxygen atoms in total. The third kappa shape index (κ3) is 1.96. The fourth-order valence-electron chi connectivity index (χ4n) is 1.22. The summed E-state index contributed by atoms with van der Waals surface area (Å²) in [6.45, 7) is 6.54. The molecule has 2 aromatic rings. The quantitative estimate of drug-likeness (QED) is 0.756. The first-order valence-corrected chi connectivity index (χ1v) is 6.06. The normalized spacial score (nSPS) is 13.7. The Hall–Kier alpha value is -0.740. The summed E-state index contributed by atoms with van der Waals surface area (Å²) in [5.41, 5.74) is 0.728. The van der Waals surface area contributed by atoms with Crippen molar-refractivity contribution in [1.29, 1.82) is 0 Å². The Morgan fingerprint density at radius 3 is 2.60 bits per heavy atom. The van der Waals surface area contributed by atoms with Gasteiger partial charge in [0.25, 0.3) is 0 Å². The van der Waals surface area contributed by atoms with Crippen LogP contribution in [0.2, 0.25) is 5.15 Å². The number of fused-ring (bicyclic) bond motifs is 1. The molecule has 15 heavy (non-hydrogen) atoms. The average Bonchev–Trinajstić information content (AvgIpc) is 2.61. The second-order valence-corrected chi connectivity index (χ2v) is 5.27. The van der Waals surface area contributed by atoms with Crippen LogP contribution in [0.1, 0.15) is 31.7 Å². The van der Waals surface area contributed by atoms with E-state index < -0.39 is 0 Å². The predicted molar refractivity (Wildman–Crippen MR) is 63.5 cm³/mol. The fraction of sp³-hybridized carbons (Fsp3) is 0.500. The standard InChI is InChI=1S/C10H12ClN3S/c1-5(2)6(3)9-14-7-8(11)12-4-13-10(7)15-9/h4-6H,1-3H3. The molecule has 1 unspecified atom stereocenters. The van der Waals surface area contributed by atoms with Gasteiger partial charge in [-0.25, -0.2) is 15.0 Å². The van der Waals surface area contributed by atoms with Crippen molar-refractivity contribution in [3.05, 3.63) is 16.5 Å². The second kappa shape index (κ2) is 4.02. The van der Waals surface area contributed by atoms with E-state index in [9.17, 15) is 0 Å². The molecule has 2 rings (SSSR count). The van der Waals surface area contributed by atoms with Crippen molar-refractivity contribution < 1.29 is 0 Å². The van der Waals surface area contributed by atoms with Crippen molar-refractivity contribution in [3.63, 3.8) is 0 Å². The minimum atomic E-state index is 0.431. The number of nitrogens with zero attached hydrogens (tertiary/aromatic N) is 3. The molecule has 0 saturated heterocycles. The summed E-state index contributed by atoms with van der Waals surface area (Å²) in [7, 11) is 0. The molecule has 80 valence electrons. The molecule has 0 radical (unpaired) electrons. The van der Waals surface area contributed by atoms with Crippen molar-refractivity contribution in [3.8, 4) is 0 Å². The van der Waals surface area contributed by atoms with E-state index in [0.717, 1.165) is 15.4 Å². The van der Waals surface area contributed by atoms with Gasteiger partial charge >= 0.3 is 0 Å². The maximum Gasteiger partial charge on any atom is 0.159 e. The molecular formula is C10H12ClN3S. The Labute approximate surface area is 97.5 Å². The molecule has 0 saturated carbocycles. The highest BCUT2D eigenvalue weighted by molar-refractivity contribution is 7.18. The van der Waals surface area contributed by atoms with Crippen molar-refractivity contribution in [2.45, 2.75) is 26.7 Å². The van der Waals surface area contributed by atoms with E-state index >= 15 is 0 Å². The first-order chi connectivity index (χ1) is 7.09. The molecule has 1 atom stereocenters. The molecule has 5 heteroatoms. The second-order valence-electron chi connectivity index (χ2n) is 3.90. The first-order valence-electron chi connectivity index (χ1n) is 4.86. The van der Waals surface area contributed by atoms with Crippen LogP contribution in [0.25, 0.3) is 10.3 Å². The maximum atomic E-state index is 5.95. The van der Waals surface area contributed by atoms with Crippen LogP contribution in [0, 0.1) is 5.92 Å². The summed E-state index contributed by atoms with van der Waals surface area (Å²) >= 11 is 7.55. The Kier molecular flexibility index (Phi) is 2.89. The van der Waals surface area contributed by atoms with Gasteiger partial charge in [0.15, 0.2) is 5.15 Å². The Morgan fingerprint density at radius 1 is 1.27 bits per heavy atom. The van der Waals surface area contributed by atoms with E-state index in [1.807, 2.05) is 0 Å². The van der Waals surface area contributed by atoms with Crippen LogP contribution in [-0.2, 0) is 0 Å². The zero-order valence-electron chi connectivity index (χ0n) is 8.86. The van der Waals surface area contributed by atoms with Gasteiger partial charge in [-0.2, -0.15) is 0 Å². The van der Waals surface area contributed by atoms with Gasteiger partial charge in [-0.1, -0.05) is 43.7 Å². The molecule has 0 aliphatic rings. The van der Waals surface area contributed by atoms with E-state index in [-0.39, 0.29) is 0 Å². The summed E-state index contributed by atoms with van der Waals surface area (Å²) in [6.07, 6.45) is 1.48. The smallest absolute Gasteiger partial charge is 0.159 e. The molecule has 0 fully saturated rings. The summed E-state index contributed by atoms with van der Waals surface area (Å²) < 4.78 is 0. The van der Waals surface area contributed by atoms with E-state index in [1.165, 1.54) is 6.33 Å². The molecular weight excluding hydrogens is 230 g/mol. The maximum absolute atomic E-state index is 5.95. The fourth-order valence-corrected chi connectivity index (χ4v) is 2.59. The number of rotatable bonds is 2. The van der Waals surface area contributed by atoms with Crippen LogP contribution in [0.15, 0.2) is 6.33 Å². The van der Waals surface area contributed by atoms with Gasteiger partial charge in [-0.15, -0.1) is 0 Å². The summed E-state index contributed by atoms with van der Waals surface area (Å²) in [6, 6.07) is 0. The SMILES string of the molecule is CC(C)C(C)c1nc2c(Cl)ncnc2s1. The molecule has 0 spiro atoms. The lowest BCUT2D eigenvalue weighted by Gasteiger charge is -2.10. The largest absolute Gasteiger partial charge is 0.236 e. The van der Waals surface area contributed by atoms with Crippen molar-refractivity contribution in [2.75, 3.05) is 0 Å². The third-order valence-corrected chi connectivity index (χ3v) is 4.00. The topological polar surface area (TPSA) is 38.7 Å². The lowest BCUT2D eigenvalue weighted by molar-refractivity contribution is 0.533. The Balaban J connectivity index is 2.52.